The van der Waals surface area contributed by atoms with Crippen LogP contribution in [0.4, 0.5) is 19.4 Å². The Hall–Kier alpha value is -4.51. The SMILES string of the molecule is Cc1cc(CN)cc(C(C)C)c1-n1c(=O)nc(N2CCN(C(=O)OC(C)(C)C)C[C@@H]2C)c2cc(F)c(-c3c(O)cccc3F)cc21. The van der Waals surface area contributed by atoms with Crippen LogP contribution in [0.1, 0.15) is 64.2 Å². The number of piperazine rings is 1. The second-order valence-corrected chi connectivity index (χ2v) is 13.2. The number of phenols is 1. The molecule has 2 heterocycles. The smallest absolute Gasteiger partial charge is 0.410 e. The number of aryl methyl sites for hydroxylation is 1. The lowest BCUT2D eigenvalue weighted by atomic mass is 9.94. The molecule has 0 saturated carbocycles. The number of hydrogen-bond donors (Lipinski definition) is 2. The second kappa shape index (κ2) is 12.4. The van der Waals surface area contributed by atoms with Crippen LogP contribution >= 0.6 is 0 Å². The first-order chi connectivity index (χ1) is 21.6. The Morgan fingerprint density at radius 1 is 1.13 bits per heavy atom. The van der Waals surface area contributed by atoms with Gasteiger partial charge in [0.05, 0.1) is 16.8 Å². The van der Waals surface area contributed by atoms with Crippen LogP contribution in [0.25, 0.3) is 27.7 Å². The number of carbonyl (C=O) groups excluding carboxylic acids is 1. The summed E-state index contributed by atoms with van der Waals surface area (Å²) in [6, 6.07) is 9.94. The molecule has 3 aromatic carbocycles. The molecule has 0 aliphatic carbocycles. The maximum absolute atomic E-state index is 16.1. The number of anilines is 1. The summed E-state index contributed by atoms with van der Waals surface area (Å²) in [4.78, 5) is 35.0. The average molecular weight is 634 g/mol. The van der Waals surface area contributed by atoms with E-state index in [9.17, 15) is 14.7 Å². The number of nitrogens with zero attached hydrogens (tertiary/aromatic N) is 4. The van der Waals surface area contributed by atoms with Crippen molar-refractivity contribution in [1.29, 1.82) is 0 Å². The molecule has 0 bridgehead atoms. The van der Waals surface area contributed by atoms with E-state index in [1.807, 2.05) is 44.7 Å². The Morgan fingerprint density at radius 2 is 1.85 bits per heavy atom. The lowest BCUT2D eigenvalue weighted by Gasteiger charge is -2.41. The minimum atomic E-state index is -0.806. The second-order valence-electron chi connectivity index (χ2n) is 13.2. The highest BCUT2D eigenvalue weighted by atomic mass is 19.1. The van der Waals surface area contributed by atoms with Crippen LogP contribution in [0, 0.1) is 18.6 Å². The minimum Gasteiger partial charge on any atom is -0.507 e. The van der Waals surface area contributed by atoms with Crippen LogP contribution in [0.15, 0.2) is 47.3 Å². The molecular weight excluding hydrogens is 592 g/mol. The molecule has 1 aliphatic rings. The largest absolute Gasteiger partial charge is 0.507 e. The van der Waals surface area contributed by atoms with E-state index in [2.05, 4.69) is 4.98 Å². The lowest BCUT2D eigenvalue weighted by molar-refractivity contribution is 0.0218. The molecule has 0 radical (unpaired) electrons. The summed E-state index contributed by atoms with van der Waals surface area (Å²) in [6.07, 6.45) is -0.440. The third kappa shape index (κ3) is 6.16. The Labute approximate surface area is 267 Å². The summed E-state index contributed by atoms with van der Waals surface area (Å²) in [6.45, 7) is 14.4. The highest BCUT2D eigenvalue weighted by Gasteiger charge is 2.33. The number of amides is 1. The fourth-order valence-electron chi connectivity index (χ4n) is 6.15. The van der Waals surface area contributed by atoms with E-state index in [4.69, 9.17) is 10.5 Å². The van der Waals surface area contributed by atoms with Crippen molar-refractivity contribution in [2.75, 3.05) is 24.5 Å². The summed E-state index contributed by atoms with van der Waals surface area (Å²) >= 11 is 0. The van der Waals surface area contributed by atoms with Crippen molar-refractivity contribution >= 4 is 22.8 Å². The molecule has 0 spiro atoms. The number of halogens is 2. The monoisotopic (exact) mass is 633 g/mol. The number of aromatic hydroxyl groups is 1. The number of benzene rings is 3. The Bertz CT molecular complexity index is 1860. The minimum absolute atomic E-state index is 0.0155. The molecule has 0 unspecified atom stereocenters. The zero-order valence-corrected chi connectivity index (χ0v) is 27.3. The molecule has 1 fully saturated rings. The van der Waals surface area contributed by atoms with Crippen molar-refractivity contribution in [3.05, 3.63) is 81.3 Å². The van der Waals surface area contributed by atoms with Crippen molar-refractivity contribution in [3.8, 4) is 22.6 Å². The summed E-state index contributed by atoms with van der Waals surface area (Å²) in [5.74, 6) is -1.80. The van der Waals surface area contributed by atoms with Gasteiger partial charge in [-0.2, -0.15) is 4.98 Å². The standard InChI is InChI=1S/C35H41F2N5O4/c1-19(2)23-14-22(17-38)13-20(3)31(23)42-28-16-24(30-26(36)9-8-10-29(30)43)27(37)15-25(28)32(39-33(42)44)41-12-11-40(18-21(41)4)34(45)46-35(5,6)7/h8-10,13-16,19,21,43H,11-12,17-18,38H2,1-7H3/t21-/m0/s1. The summed E-state index contributed by atoms with van der Waals surface area (Å²) < 4.78 is 38.1. The van der Waals surface area contributed by atoms with Gasteiger partial charge >= 0.3 is 11.8 Å². The zero-order chi connectivity index (χ0) is 33.7. The summed E-state index contributed by atoms with van der Waals surface area (Å²) in [5.41, 5.74) is 7.60. The van der Waals surface area contributed by atoms with E-state index in [1.54, 1.807) is 25.7 Å². The van der Waals surface area contributed by atoms with E-state index < -0.39 is 34.8 Å². The molecule has 11 heteroatoms. The normalized spacial score (nSPS) is 15.6. The van der Waals surface area contributed by atoms with Gasteiger partial charge in [-0.3, -0.25) is 4.57 Å². The van der Waals surface area contributed by atoms with E-state index in [0.29, 0.717) is 42.8 Å². The maximum atomic E-state index is 16.1. The molecule has 9 nitrogen and oxygen atoms in total. The molecule has 1 aliphatic heterocycles. The van der Waals surface area contributed by atoms with Gasteiger partial charge in [0.1, 0.15) is 28.8 Å². The van der Waals surface area contributed by atoms with Gasteiger partial charge in [-0.15, -0.1) is 0 Å². The van der Waals surface area contributed by atoms with E-state index in [-0.39, 0.29) is 28.9 Å². The molecule has 1 aromatic heterocycles. The Balaban J connectivity index is 1.76. The van der Waals surface area contributed by atoms with Crippen molar-refractivity contribution < 1.29 is 23.4 Å². The molecule has 46 heavy (non-hydrogen) atoms. The summed E-state index contributed by atoms with van der Waals surface area (Å²) in [7, 11) is 0. The molecule has 3 N–H and O–H groups in total. The highest BCUT2D eigenvalue weighted by Crippen LogP contribution is 2.39. The fraction of sp³-hybridized carbons (Fsp3) is 0.400. The van der Waals surface area contributed by atoms with Crippen LogP contribution in [0.2, 0.25) is 0 Å². The van der Waals surface area contributed by atoms with Crippen LogP contribution in [-0.4, -0.2) is 56.9 Å². The number of fused-ring (bicyclic) bond motifs is 1. The number of phenolic OH excluding ortho intramolecular Hbond substituents is 1. The molecule has 5 rings (SSSR count). The predicted molar refractivity (Wildman–Crippen MR) is 176 cm³/mol. The molecule has 1 amide bonds. The van der Waals surface area contributed by atoms with Crippen LogP contribution in [-0.2, 0) is 11.3 Å². The van der Waals surface area contributed by atoms with Gasteiger partial charge in [-0.25, -0.2) is 18.4 Å². The van der Waals surface area contributed by atoms with Gasteiger partial charge in [0.25, 0.3) is 0 Å². The van der Waals surface area contributed by atoms with Crippen molar-refractivity contribution in [2.24, 2.45) is 5.73 Å². The number of rotatable bonds is 5. The summed E-state index contributed by atoms with van der Waals surface area (Å²) in [5, 5.41) is 10.9. The van der Waals surface area contributed by atoms with Crippen LogP contribution < -0.4 is 16.3 Å². The molecule has 244 valence electrons. The number of nitrogens with two attached hydrogens (primary N) is 1. The Kier molecular flexibility index (Phi) is 8.83. The number of aromatic nitrogens is 2. The van der Waals surface area contributed by atoms with Gasteiger partial charge in [0.15, 0.2) is 0 Å². The maximum Gasteiger partial charge on any atom is 0.410 e. The quantitative estimate of drug-likeness (QED) is 0.263. The first kappa shape index (κ1) is 32.9. The van der Waals surface area contributed by atoms with Gasteiger partial charge in [0, 0.05) is 43.2 Å². The number of hydrogen-bond acceptors (Lipinski definition) is 7. The van der Waals surface area contributed by atoms with Crippen molar-refractivity contribution in [3.63, 3.8) is 0 Å². The zero-order valence-electron chi connectivity index (χ0n) is 27.3. The van der Waals surface area contributed by atoms with Gasteiger partial charge in [-0.05, 0) is 81.5 Å². The van der Waals surface area contributed by atoms with E-state index in [1.165, 1.54) is 28.8 Å². The topological polar surface area (TPSA) is 114 Å². The molecule has 1 atom stereocenters. The number of carbonyl (C=O) groups is 1. The first-order valence-corrected chi connectivity index (χ1v) is 15.4. The Morgan fingerprint density at radius 3 is 2.46 bits per heavy atom. The molecular formula is C35H41F2N5O4. The van der Waals surface area contributed by atoms with Gasteiger partial charge in [-0.1, -0.05) is 32.0 Å². The van der Waals surface area contributed by atoms with E-state index >= 15 is 8.78 Å². The molecule has 1 saturated heterocycles. The van der Waals surface area contributed by atoms with Crippen LogP contribution in [0.5, 0.6) is 5.75 Å². The predicted octanol–water partition coefficient (Wildman–Crippen LogP) is 6.37. The first-order valence-electron chi connectivity index (χ1n) is 15.4. The van der Waals surface area contributed by atoms with E-state index in [0.717, 1.165) is 22.8 Å². The van der Waals surface area contributed by atoms with Gasteiger partial charge < -0.3 is 25.4 Å². The van der Waals surface area contributed by atoms with Crippen molar-refractivity contribution in [1.82, 2.24) is 14.5 Å². The van der Waals surface area contributed by atoms with Gasteiger partial charge in [0.2, 0.25) is 0 Å². The fourth-order valence-corrected chi connectivity index (χ4v) is 6.15. The highest BCUT2D eigenvalue weighted by molar-refractivity contribution is 5.95. The third-order valence-corrected chi connectivity index (χ3v) is 8.24. The number of ether oxygens (including phenoxy) is 1. The van der Waals surface area contributed by atoms with Crippen LogP contribution in [0.3, 0.4) is 0 Å². The van der Waals surface area contributed by atoms with Crippen molar-refractivity contribution in [2.45, 2.75) is 72.6 Å². The molecule has 4 aromatic rings. The average Bonchev–Trinajstić information content (AvgIpc) is 2.96. The third-order valence-electron chi connectivity index (χ3n) is 8.24. The lowest BCUT2D eigenvalue weighted by Crippen LogP contribution is -2.55.